The monoisotopic (exact) mass is 402 g/mol. The lowest BCUT2D eigenvalue weighted by atomic mass is 10.0. The molecule has 30 heavy (non-hydrogen) atoms. The molecular weight excluding hydrogens is 380 g/mol. The molecule has 2 amide bonds. The van der Waals surface area contributed by atoms with Gasteiger partial charge in [-0.15, -0.1) is 0 Å². The molecule has 5 rings (SSSR count). The summed E-state index contributed by atoms with van der Waals surface area (Å²) in [7, 11) is 0. The van der Waals surface area contributed by atoms with E-state index >= 15 is 0 Å². The van der Waals surface area contributed by atoms with E-state index in [2.05, 4.69) is 5.32 Å². The third kappa shape index (κ3) is 3.56. The Balaban J connectivity index is 1.26. The topological polar surface area (TPSA) is 67.9 Å². The molecule has 0 radical (unpaired) electrons. The molecule has 2 aliphatic heterocycles. The number of benzene rings is 3. The van der Waals surface area contributed by atoms with Crippen LogP contribution in [-0.2, 0) is 16.0 Å². The minimum atomic E-state index is -0.215. The first-order chi connectivity index (χ1) is 14.7. The minimum Gasteiger partial charge on any atom is -0.486 e. The predicted molar refractivity (Wildman–Crippen MR) is 114 cm³/mol. The molecule has 1 fully saturated rings. The van der Waals surface area contributed by atoms with Crippen LogP contribution in [0.3, 0.4) is 0 Å². The van der Waals surface area contributed by atoms with E-state index in [0.717, 1.165) is 22.0 Å². The molecular formula is C24H22N2O4. The first-order valence-electron chi connectivity index (χ1n) is 10.1. The van der Waals surface area contributed by atoms with Gasteiger partial charge in [0, 0.05) is 24.7 Å². The zero-order valence-electron chi connectivity index (χ0n) is 16.5. The molecule has 0 aliphatic carbocycles. The van der Waals surface area contributed by atoms with Crippen LogP contribution >= 0.6 is 0 Å². The lowest BCUT2D eigenvalue weighted by molar-refractivity contribution is -0.121. The Kier molecular flexibility index (Phi) is 4.75. The van der Waals surface area contributed by atoms with Gasteiger partial charge in [0.1, 0.15) is 13.2 Å². The van der Waals surface area contributed by atoms with Gasteiger partial charge in [-0.25, -0.2) is 0 Å². The van der Waals surface area contributed by atoms with Crippen molar-refractivity contribution >= 4 is 28.3 Å². The molecule has 0 spiro atoms. The number of amides is 2. The molecule has 3 aromatic rings. The normalized spacial score (nSPS) is 17.9. The maximum atomic E-state index is 12.7. The number of fused-ring (bicyclic) bond motifs is 2. The second kappa shape index (κ2) is 7.71. The fraction of sp³-hybridized carbons (Fsp3) is 0.250. The summed E-state index contributed by atoms with van der Waals surface area (Å²) in [6, 6.07) is 19.3. The Hall–Kier alpha value is -3.54. The summed E-state index contributed by atoms with van der Waals surface area (Å²) in [6.45, 7) is 1.47. The van der Waals surface area contributed by atoms with Crippen molar-refractivity contribution in [3.63, 3.8) is 0 Å². The van der Waals surface area contributed by atoms with Crippen LogP contribution in [0, 0.1) is 0 Å². The standard InChI is InChI=1S/C24H22N2O4/c27-23(12-17-6-3-5-16-4-1-2-7-20(16)17)25-18-13-24(28)26(15-18)19-8-9-21-22(14-19)30-11-10-29-21/h1-9,14,18H,10-13,15H2,(H,25,27)/t18-/m1/s1. The summed E-state index contributed by atoms with van der Waals surface area (Å²) in [5.41, 5.74) is 1.74. The molecule has 0 saturated carbocycles. The lowest BCUT2D eigenvalue weighted by Crippen LogP contribution is -2.38. The van der Waals surface area contributed by atoms with E-state index in [-0.39, 0.29) is 30.7 Å². The Bertz CT molecular complexity index is 1120. The number of ether oxygens (including phenoxy) is 2. The minimum absolute atomic E-state index is 0.0119. The molecule has 6 nitrogen and oxygen atoms in total. The van der Waals surface area contributed by atoms with Crippen LogP contribution in [0.15, 0.2) is 60.7 Å². The van der Waals surface area contributed by atoms with Gasteiger partial charge in [-0.2, -0.15) is 0 Å². The smallest absolute Gasteiger partial charge is 0.229 e. The molecule has 3 aromatic carbocycles. The van der Waals surface area contributed by atoms with Crippen molar-refractivity contribution in [2.45, 2.75) is 18.9 Å². The molecule has 1 atom stereocenters. The van der Waals surface area contributed by atoms with Crippen LogP contribution in [0.5, 0.6) is 11.5 Å². The Morgan fingerprint density at radius 3 is 2.70 bits per heavy atom. The number of hydrogen-bond acceptors (Lipinski definition) is 4. The molecule has 1 N–H and O–H groups in total. The van der Waals surface area contributed by atoms with E-state index < -0.39 is 0 Å². The largest absolute Gasteiger partial charge is 0.486 e. The number of nitrogens with one attached hydrogen (secondary N) is 1. The molecule has 152 valence electrons. The van der Waals surface area contributed by atoms with Gasteiger partial charge in [0.25, 0.3) is 0 Å². The number of hydrogen-bond donors (Lipinski definition) is 1. The maximum absolute atomic E-state index is 12.7. The highest BCUT2D eigenvalue weighted by Gasteiger charge is 2.32. The Labute approximate surface area is 174 Å². The Morgan fingerprint density at radius 1 is 1.00 bits per heavy atom. The summed E-state index contributed by atoms with van der Waals surface area (Å²) in [4.78, 5) is 26.9. The third-order valence-electron chi connectivity index (χ3n) is 5.56. The number of carbonyl (C=O) groups is 2. The van der Waals surface area contributed by atoms with Crippen molar-refractivity contribution in [1.29, 1.82) is 0 Å². The maximum Gasteiger partial charge on any atom is 0.229 e. The van der Waals surface area contributed by atoms with Crippen LogP contribution in [0.2, 0.25) is 0 Å². The lowest BCUT2D eigenvalue weighted by Gasteiger charge is -2.22. The van der Waals surface area contributed by atoms with Crippen LogP contribution < -0.4 is 19.7 Å². The van der Waals surface area contributed by atoms with Gasteiger partial charge < -0.3 is 19.7 Å². The molecule has 2 heterocycles. The van der Waals surface area contributed by atoms with E-state index in [1.807, 2.05) is 60.7 Å². The zero-order valence-corrected chi connectivity index (χ0v) is 16.5. The van der Waals surface area contributed by atoms with Crippen LogP contribution in [0.4, 0.5) is 5.69 Å². The van der Waals surface area contributed by atoms with Gasteiger partial charge in [-0.1, -0.05) is 42.5 Å². The second-order valence-electron chi connectivity index (χ2n) is 7.62. The second-order valence-corrected chi connectivity index (χ2v) is 7.62. The fourth-order valence-corrected chi connectivity index (χ4v) is 4.15. The first kappa shape index (κ1) is 18.5. The van der Waals surface area contributed by atoms with Crippen molar-refractivity contribution in [3.05, 3.63) is 66.2 Å². The van der Waals surface area contributed by atoms with Gasteiger partial charge in [0.05, 0.1) is 12.5 Å². The van der Waals surface area contributed by atoms with Crippen molar-refractivity contribution < 1.29 is 19.1 Å². The van der Waals surface area contributed by atoms with E-state index in [4.69, 9.17) is 9.47 Å². The van der Waals surface area contributed by atoms with Crippen molar-refractivity contribution in [2.24, 2.45) is 0 Å². The summed E-state index contributed by atoms with van der Waals surface area (Å²) >= 11 is 0. The quantitative estimate of drug-likeness (QED) is 0.728. The Morgan fingerprint density at radius 2 is 1.80 bits per heavy atom. The number of nitrogens with zero attached hydrogens (tertiary/aromatic N) is 1. The average molecular weight is 402 g/mol. The van der Waals surface area contributed by atoms with E-state index in [1.165, 1.54) is 0 Å². The molecule has 6 heteroatoms. The van der Waals surface area contributed by atoms with E-state index in [0.29, 0.717) is 31.3 Å². The van der Waals surface area contributed by atoms with Crippen LogP contribution in [0.25, 0.3) is 10.8 Å². The van der Waals surface area contributed by atoms with Gasteiger partial charge in [0.15, 0.2) is 11.5 Å². The summed E-state index contributed by atoms with van der Waals surface area (Å²) in [6.07, 6.45) is 0.575. The number of anilines is 1. The number of rotatable bonds is 4. The number of carbonyl (C=O) groups excluding carboxylic acids is 2. The molecule has 0 aromatic heterocycles. The highest BCUT2D eigenvalue weighted by molar-refractivity contribution is 5.97. The molecule has 0 unspecified atom stereocenters. The van der Waals surface area contributed by atoms with Crippen molar-refractivity contribution in [3.8, 4) is 11.5 Å². The summed E-state index contributed by atoms with van der Waals surface area (Å²) in [5, 5.41) is 5.22. The summed E-state index contributed by atoms with van der Waals surface area (Å²) < 4.78 is 11.2. The van der Waals surface area contributed by atoms with E-state index in [1.54, 1.807) is 4.90 Å². The first-order valence-corrected chi connectivity index (χ1v) is 10.1. The van der Waals surface area contributed by atoms with Gasteiger partial charge in [-0.05, 0) is 28.5 Å². The highest BCUT2D eigenvalue weighted by atomic mass is 16.6. The SMILES string of the molecule is O=C(Cc1cccc2ccccc12)N[C@@H]1CC(=O)N(c2ccc3c(c2)OCCO3)C1. The predicted octanol–water partition coefficient (Wildman–Crippen LogP) is 3.08. The van der Waals surface area contributed by atoms with Crippen molar-refractivity contribution in [2.75, 3.05) is 24.7 Å². The zero-order chi connectivity index (χ0) is 20.5. The molecule has 2 aliphatic rings. The summed E-state index contributed by atoms with van der Waals surface area (Å²) in [5.74, 6) is 1.25. The van der Waals surface area contributed by atoms with Crippen LogP contribution in [0.1, 0.15) is 12.0 Å². The van der Waals surface area contributed by atoms with E-state index in [9.17, 15) is 9.59 Å². The van der Waals surface area contributed by atoms with Crippen molar-refractivity contribution in [1.82, 2.24) is 5.32 Å². The molecule has 0 bridgehead atoms. The highest BCUT2D eigenvalue weighted by Crippen LogP contribution is 2.35. The van der Waals surface area contributed by atoms with Gasteiger partial charge >= 0.3 is 0 Å². The van der Waals surface area contributed by atoms with Crippen LogP contribution in [-0.4, -0.2) is 37.6 Å². The fourth-order valence-electron chi connectivity index (χ4n) is 4.15. The molecule has 1 saturated heterocycles. The van der Waals surface area contributed by atoms with Gasteiger partial charge in [-0.3, -0.25) is 9.59 Å². The average Bonchev–Trinajstić information content (AvgIpc) is 3.13. The third-order valence-corrected chi connectivity index (χ3v) is 5.56. The van der Waals surface area contributed by atoms with Gasteiger partial charge in [0.2, 0.25) is 11.8 Å².